The molecule has 68 valence electrons. The maximum atomic E-state index is 13.1. The van der Waals surface area contributed by atoms with Crippen LogP contribution in [0.15, 0.2) is 17.5 Å². The van der Waals surface area contributed by atoms with Crippen molar-refractivity contribution in [2.75, 3.05) is 5.73 Å². The third kappa shape index (κ3) is 1.20. The zero-order valence-electron chi connectivity index (χ0n) is 7.30. The number of anilines is 1. The molecular formula is C10H10FNS. The highest BCUT2D eigenvalue weighted by Crippen LogP contribution is 2.32. The smallest absolute Gasteiger partial charge is 0.146 e. The SMILES string of the molecule is CCc1csc2ccc(F)c(N)c12. The van der Waals surface area contributed by atoms with Crippen LogP contribution in [0.2, 0.25) is 0 Å². The van der Waals surface area contributed by atoms with Crippen molar-refractivity contribution in [1.29, 1.82) is 0 Å². The number of nitrogen functional groups attached to an aromatic ring is 1. The maximum Gasteiger partial charge on any atom is 0.146 e. The summed E-state index contributed by atoms with van der Waals surface area (Å²) in [5, 5.41) is 2.94. The van der Waals surface area contributed by atoms with Gasteiger partial charge in [0.1, 0.15) is 5.82 Å². The highest BCUT2D eigenvalue weighted by atomic mass is 32.1. The van der Waals surface area contributed by atoms with Gasteiger partial charge in [0, 0.05) is 10.1 Å². The predicted molar refractivity (Wildman–Crippen MR) is 55.6 cm³/mol. The largest absolute Gasteiger partial charge is 0.396 e. The van der Waals surface area contributed by atoms with E-state index < -0.39 is 0 Å². The molecule has 2 aromatic rings. The number of fused-ring (bicyclic) bond motifs is 1. The summed E-state index contributed by atoms with van der Waals surface area (Å²) in [7, 11) is 0. The Bertz CT molecular complexity index is 447. The van der Waals surface area contributed by atoms with Gasteiger partial charge in [-0.2, -0.15) is 0 Å². The number of nitrogens with two attached hydrogens (primary N) is 1. The molecule has 0 amide bonds. The Morgan fingerprint density at radius 3 is 2.92 bits per heavy atom. The van der Waals surface area contributed by atoms with E-state index in [0.29, 0.717) is 0 Å². The van der Waals surface area contributed by atoms with Crippen LogP contribution in [0.5, 0.6) is 0 Å². The Balaban J connectivity index is 2.85. The standard InChI is InChI=1S/C10H10FNS/c1-2-6-5-13-8-4-3-7(11)10(12)9(6)8/h3-5H,2,12H2,1H3. The second-order valence-corrected chi connectivity index (χ2v) is 3.86. The van der Waals surface area contributed by atoms with Crippen molar-refractivity contribution in [3.8, 4) is 0 Å². The number of hydrogen-bond donors (Lipinski definition) is 1. The van der Waals surface area contributed by atoms with E-state index in [4.69, 9.17) is 5.73 Å². The van der Waals surface area contributed by atoms with E-state index in [0.717, 1.165) is 22.1 Å². The minimum Gasteiger partial charge on any atom is -0.396 e. The van der Waals surface area contributed by atoms with Crippen LogP contribution < -0.4 is 5.73 Å². The van der Waals surface area contributed by atoms with Gasteiger partial charge in [-0.15, -0.1) is 11.3 Å². The molecule has 0 unspecified atom stereocenters. The zero-order valence-corrected chi connectivity index (χ0v) is 8.12. The summed E-state index contributed by atoms with van der Waals surface area (Å²) in [6.07, 6.45) is 0.896. The second-order valence-electron chi connectivity index (χ2n) is 2.95. The van der Waals surface area contributed by atoms with E-state index in [1.165, 1.54) is 6.07 Å². The molecule has 0 atom stereocenters. The summed E-state index contributed by atoms with van der Waals surface area (Å²) in [6.45, 7) is 2.05. The molecule has 0 spiro atoms. The molecule has 1 aromatic heterocycles. The Hall–Kier alpha value is -1.09. The molecule has 1 nitrogen and oxygen atoms in total. The van der Waals surface area contributed by atoms with E-state index in [1.807, 2.05) is 12.3 Å². The summed E-state index contributed by atoms with van der Waals surface area (Å²) in [5.41, 5.74) is 7.09. The molecule has 13 heavy (non-hydrogen) atoms. The van der Waals surface area contributed by atoms with Gasteiger partial charge in [0.25, 0.3) is 0 Å². The van der Waals surface area contributed by atoms with Crippen molar-refractivity contribution in [3.63, 3.8) is 0 Å². The Kier molecular flexibility index (Phi) is 1.96. The van der Waals surface area contributed by atoms with E-state index in [1.54, 1.807) is 17.4 Å². The van der Waals surface area contributed by atoms with Crippen LogP contribution in [0.1, 0.15) is 12.5 Å². The van der Waals surface area contributed by atoms with Crippen LogP contribution in [0.3, 0.4) is 0 Å². The van der Waals surface area contributed by atoms with Crippen LogP contribution >= 0.6 is 11.3 Å². The molecule has 0 bridgehead atoms. The number of thiophene rings is 1. The summed E-state index contributed by atoms with van der Waals surface area (Å²) in [5.74, 6) is -0.319. The van der Waals surface area contributed by atoms with Gasteiger partial charge in [0.05, 0.1) is 5.69 Å². The molecule has 1 aromatic carbocycles. The molecule has 3 heteroatoms. The van der Waals surface area contributed by atoms with Gasteiger partial charge >= 0.3 is 0 Å². The van der Waals surface area contributed by atoms with Crippen molar-refractivity contribution in [2.24, 2.45) is 0 Å². The third-order valence-electron chi connectivity index (χ3n) is 2.18. The molecule has 0 aliphatic heterocycles. The number of aryl methyl sites for hydroxylation is 1. The Labute approximate surface area is 80.0 Å². The average Bonchev–Trinajstić information content (AvgIpc) is 2.55. The summed E-state index contributed by atoms with van der Waals surface area (Å²) in [6, 6.07) is 3.21. The van der Waals surface area contributed by atoms with Gasteiger partial charge in [0.15, 0.2) is 0 Å². The molecule has 0 fully saturated rings. The highest BCUT2D eigenvalue weighted by molar-refractivity contribution is 7.17. The van der Waals surface area contributed by atoms with Crippen LogP contribution in [-0.4, -0.2) is 0 Å². The van der Waals surface area contributed by atoms with E-state index in [-0.39, 0.29) is 11.5 Å². The second kappa shape index (κ2) is 3.00. The Morgan fingerprint density at radius 1 is 1.46 bits per heavy atom. The van der Waals surface area contributed by atoms with E-state index >= 15 is 0 Å². The molecule has 2 rings (SSSR count). The van der Waals surface area contributed by atoms with Crippen molar-refractivity contribution in [1.82, 2.24) is 0 Å². The summed E-state index contributed by atoms with van der Waals surface area (Å²) < 4.78 is 14.2. The number of rotatable bonds is 1. The fraction of sp³-hybridized carbons (Fsp3) is 0.200. The highest BCUT2D eigenvalue weighted by Gasteiger charge is 2.08. The summed E-state index contributed by atoms with van der Waals surface area (Å²) >= 11 is 1.61. The summed E-state index contributed by atoms with van der Waals surface area (Å²) in [4.78, 5) is 0. The van der Waals surface area contributed by atoms with Gasteiger partial charge in [-0.05, 0) is 29.5 Å². The lowest BCUT2D eigenvalue weighted by atomic mass is 10.1. The van der Waals surface area contributed by atoms with Crippen LogP contribution in [0.25, 0.3) is 10.1 Å². The minimum absolute atomic E-state index is 0.288. The molecule has 1 heterocycles. The minimum atomic E-state index is -0.319. The first-order valence-corrected chi connectivity index (χ1v) is 5.06. The van der Waals surface area contributed by atoms with Crippen LogP contribution in [0, 0.1) is 5.82 Å². The lowest BCUT2D eigenvalue weighted by Crippen LogP contribution is -1.92. The fourth-order valence-electron chi connectivity index (χ4n) is 1.46. The molecule has 2 N–H and O–H groups in total. The third-order valence-corrected chi connectivity index (χ3v) is 3.18. The van der Waals surface area contributed by atoms with Crippen molar-refractivity contribution in [3.05, 3.63) is 28.9 Å². The lowest BCUT2D eigenvalue weighted by molar-refractivity contribution is 0.634. The quantitative estimate of drug-likeness (QED) is 0.695. The molecule has 0 saturated heterocycles. The number of benzene rings is 1. The van der Waals surface area contributed by atoms with Gasteiger partial charge in [-0.1, -0.05) is 6.92 Å². The maximum absolute atomic E-state index is 13.1. The lowest BCUT2D eigenvalue weighted by Gasteiger charge is -2.00. The van der Waals surface area contributed by atoms with E-state index in [2.05, 4.69) is 0 Å². The van der Waals surface area contributed by atoms with E-state index in [9.17, 15) is 4.39 Å². The molecule has 0 radical (unpaired) electrons. The molecule has 0 aliphatic rings. The topological polar surface area (TPSA) is 26.0 Å². The molecular weight excluding hydrogens is 185 g/mol. The first-order valence-electron chi connectivity index (χ1n) is 4.18. The van der Waals surface area contributed by atoms with Crippen molar-refractivity contribution in [2.45, 2.75) is 13.3 Å². The number of halogens is 1. The van der Waals surface area contributed by atoms with Crippen LogP contribution in [0.4, 0.5) is 10.1 Å². The van der Waals surface area contributed by atoms with Crippen LogP contribution in [-0.2, 0) is 6.42 Å². The first kappa shape index (κ1) is 8.51. The molecule has 0 aliphatic carbocycles. The first-order chi connectivity index (χ1) is 6.24. The zero-order chi connectivity index (χ0) is 9.42. The predicted octanol–water partition coefficient (Wildman–Crippen LogP) is 3.19. The fourth-order valence-corrected chi connectivity index (χ4v) is 2.52. The van der Waals surface area contributed by atoms with Crippen molar-refractivity contribution < 1.29 is 4.39 Å². The van der Waals surface area contributed by atoms with Gasteiger partial charge in [-0.3, -0.25) is 0 Å². The number of hydrogen-bond acceptors (Lipinski definition) is 2. The van der Waals surface area contributed by atoms with Gasteiger partial charge in [-0.25, -0.2) is 4.39 Å². The normalized spacial score (nSPS) is 10.9. The monoisotopic (exact) mass is 195 g/mol. The van der Waals surface area contributed by atoms with Crippen molar-refractivity contribution >= 4 is 27.1 Å². The van der Waals surface area contributed by atoms with Gasteiger partial charge in [0.2, 0.25) is 0 Å². The Morgan fingerprint density at radius 2 is 2.23 bits per heavy atom. The average molecular weight is 195 g/mol. The van der Waals surface area contributed by atoms with Gasteiger partial charge < -0.3 is 5.73 Å². The molecule has 0 saturated carbocycles.